The van der Waals surface area contributed by atoms with Crippen molar-refractivity contribution in [3.8, 4) is 0 Å². The Morgan fingerprint density at radius 3 is 2.83 bits per heavy atom. The molecule has 1 aromatic heterocycles. The van der Waals surface area contributed by atoms with Crippen LogP contribution in [0.3, 0.4) is 0 Å². The summed E-state index contributed by atoms with van der Waals surface area (Å²) in [5.74, 6) is 1.05. The van der Waals surface area contributed by atoms with Crippen molar-refractivity contribution in [3.05, 3.63) is 36.0 Å². The summed E-state index contributed by atoms with van der Waals surface area (Å²) < 4.78 is 0. The second-order valence-corrected chi connectivity index (χ2v) is 6.37. The van der Waals surface area contributed by atoms with E-state index in [-0.39, 0.29) is 0 Å². The Hall–Kier alpha value is -1.28. The van der Waals surface area contributed by atoms with Crippen molar-refractivity contribution in [2.75, 3.05) is 0 Å². The first-order valence-electron chi connectivity index (χ1n) is 7.07. The molecular weight excluding hydrogens is 220 g/mol. The van der Waals surface area contributed by atoms with Gasteiger partial charge in [0, 0.05) is 28.7 Å². The fourth-order valence-corrected chi connectivity index (χ4v) is 3.86. The largest absolute Gasteiger partial charge is 0.361 e. The zero-order valence-corrected chi connectivity index (χ0v) is 10.9. The number of aromatic amines is 1. The van der Waals surface area contributed by atoms with E-state index in [1.54, 1.807) is 0 Å². The molecule has 1 aromatic carbocycles. The van der Waals surface area contributed by atoms with Crippen LogP contribution in [-0.4, -0.2) is 16.6 Å². The summed E-state index contributed by atoms with van der Waals surface area (Å²) in [5.41, 5.74) is 3.23. The molecule has 0 aliphatic heterocycles. The van der Waals surface area contributed by atoms with E-state index >= 15 is 0 Å². The van der Waals surface area contributed by atoms with Gasteiger partial charge in [-0.05, 0) is 50.2 Å². The molecule has 2 bridgehead atoms. The van der Waals surface area contributed by atoms with Gasteiger partial charge in [-0.3, -0.25) is 0 Å². The van der Waals surface area contributed by atoms with Crippen molar-refractivity contribution >= 4 is 10.9 Å². The van der Waals surface area contributed by atoms with Crippen LogP contribution in [0.25, 0.3) is 10.9 Å². The molecule has 2 N–H and O–H groups in total. The number of H-pyrrole nitrogens is 1. The molecule has 94 valence electrons. The average molecular weight is 240 g/mol. The number of hydrogen-bond donors (Lipinski definition) is 2. The van der Waals surface area contributed by atoms with Gasteiger partial charge >= 0.3 is 0 Å². The SMILES string of the molecule is CC(Cc1c[nH]c2ccccc12)NC12CC(C1)C2. The first-order valence-corrected chi connectivity index (χ1v) is 7.07. The molecule has 1 unspecified atom stereocenters. The van der Waals surface area contributed by atoms with Gasteiger partial charge in [-0.2, -0.15) is 0 Å². The maximum Gasteiger partial charge on any atom is 0.0456 e. The van der Waals surface area contributed by atoms with Crippen LogP contribution in [0.5, 0.6) is 0 Å². The van der Waals surface area contributed by atoms with Gasteiger partial charge in [-0.25, -0.2) is 0 Å². The van der Waals surface area contributed by atoms with Gasteiger partial charge < -0.3 is 10.3 Å². The Morgan fingerprint density at radius 2 is 2.11 bits per heavy atom. The Morgan fingerprint density at radius 1 is 1.33 bits per heavy atom. The van der Waals surface area contributed by atoms with E-state index < -0.39 is 0 Å². The topological polar surface area (TPSA) is 27.8 Å². The van der Waals surface area contributed by atoms with Crippen molar-refractivity contribution in [2.24, 2.45) is 5.92 Å². The normalized spacial score (nSPS) is 30.8. The zero-order valence-electron chi connectivity index (χ0n) is 10.9. The van der Waals surface area contributed by atoms with Crippen LogP contribution >= 0.6 is 0 Å². The third-order valence-electron chi connectivity index (χ3n) is 4.79. The number of rotatable bonds is 4. The van der Waals surface area contributed by atoms with E-state index in [9.17, 15) is 0 Å². The van der Waals surface area contributed by atoms with E-state index in [1.807, 2.05) is 0 Å². The minimum Gasteiger partial charge on any atom is -0.361 e. The summed E-state index contributed by atoms with van der Waals surface area (Å²) in [7, 11) is 0. The lowest BCUT2D eigenvalue weighted by molar-refractivity contribution is -0.0573. The van der Waals surface area contributed by atoms with Crippen molar-refractivity contribution in [3.63, 3.8) is 0 Å². The highest BCUT2D eigenvalue weighted by Crippen LogP contribution is 2.57. The fourth-order valence-electron chi connectivity index (χ4n) is 3.86. The van der Waals surface area contributed by atoms with Gasteiger partial charge in [-0.15, -0.1) is 0 Å². The van der Waals surface area contributed by atoms with Crippen LogP contribution in [0.2, 0.25) is 0 Å². The predicted octanol–water partition coefficient (Wildman–Crippen LogP) is 3.24. The molecule has 3 fully saturated rings. The standard InChI is InChI=1S/C16H20N2/c1-11(18-16-7-12(8-16)9-16)6-13-10-17-15-5-3-2-4-14(13)15/h2-5,10-12,17-18H,6-9H2,1H3. The van der Waals surface area contributed by atoms with E-state index in [2.05, 4.69) is 47.7 Å². The molecule has 0 radical (unpaired) electrons. The molecule has 3 saturated carbocycles. The molecule has 0 spiro atoms. The van der Waals surface area contributed by atoms with Gasteiger partial charge in [0.05, 0.1) is 0 Å². The highest BCUT2D eigenvalue weighted by atomic mass is 15.1. The number of nitrogens with one attached hydrogen (secondary N) is 2. The minimum atomic E-state index is 0.538. The summed E-state index contributed by atoms with van der Waals surface area (Å²) in [6.07, 6.45) is 7.56. The summed E-state index contributed by atoms with van der Waals surface area (Å²) in [6, 6.07) is 9.16. The lowest BCUT2D eigenvalue weighted by Crippen LogP contribution is -2.68. The van der Waals surface area contributed by atoms with Crippen LogP contribution in [-0.2, 0) is 6.42 Å². The predicted molar refractivity (Wildman–Crippen MR) is 74.7 cm³/mol. The van der Waals surface area contributed by atoms with Crippen molar-refractivity contribution in [1.29, 1.82) is 0 Å². The molecule has 1 atom stereocenters. The Labute approximate surface area is 108 Å². The smallest absolute Gasteiger partial charge is 0.0456 e. The van der Waals surface area contributed by atoms with Crippen LogP contribution in [0, 0.1) is 5.92 Å². The Kier molecular flexibility index (Phi) is 2.13. The molecule has 3 aliphatic carbocycles. The van der Waals surface area contributed by atoms with Crippen LogP contribution in [0.15, 0.2) is 30.5 Å². The van der Waals surface area contributed by atoms with E-state index in [1.165, 1.54) is 35.7 Å². The molecule has 3 aliphatic rings. The number of aromatic nitrogens is 1. The van der Waals surface area contributed by atoms with Crippen molar-refractivity contribution in [2.45, 2.75) is 44.2 Å². The van der Waals surface area contributed by atoms with E-state index in [4.69, 9.17) is 0 Å². The first-order chi connectivity index (χ1) is 8.74. The summed E-state index contributed by atoms with van der Waals surface area (Å²) >= 11 is 0. The van der Waals surface area contributed by atoms with Gasteiger partial charge in [-0.1, -0.05) is 18.2 Å². The number of para-hydroxylation sites is 1. The second kappa shape index (κ2) is 3.61. The Bertz CT molecular complexity index is 567. The van der Waals surface area contributed by atoms with Crippen molar-refractivity contribution in [1.82, 2.24) is 10.3 Å². The number of fused-ring (bicyclic) bond motifs is 1. The van der Waals surface area contributed by atoms with E-state index in [0.717, 1.165) is 12.3 Å². The van der Waals surface area contributed by atoms with Crippen LogP contribution in [0.4, 0.5) is 0 Å². The van der Waals surface area contributed by atoms with Gasteiger partial charge in [0.25, 0.3) is 0 Å². The first kappa shape index (κ1) is 10.6. The third kappa shape index (κ3) is 1.52. The lowest BCUT2D eigenvalue weighted by Gasteiger charge is -2.63. The monoisotopic (exact) mass is 240 g/mol. The van der Waals surface area contributed by atoms with E-state index in [0.29, 0.717) is 11.6 Å². The minimum absolute atomic E-state index is 0.538. The lowest BCUT2D eigenvalue weighted by atomic mass is 9.49. The van der Waals surface area contributed by atoms with Gasteiger partial charge in [0.1, 0.15) is 0 Å². The molecule has 18 heavy (non-hydrogen) atoms. The molecule has 0 saturated heterocycles. The van der Waals surface area contributed by atoms with Gasteiger partial charge in [0.15, 0.2) is 0 Å². The maximum atomic E-state index is 3.85. The molecule has 2 nitrogen and oxygen atoms in total. The maximum absolute atomic E-state index is 3.85. The number of hydrogen-bond acceptors (Lipinski definition) is 1. The quantitative estimate of drug-likeness (QED) is 0.843. The molecule has 0 amide bonds. The second-order valence-electron chi connectivity index (χ2n) is 6.37. The zero-order chi connectivity index (χ0) is 12.2. The molecular formula is C16H20N2. The highest BCUT2D eigenvalue weighted by molar-refractivity contribution is 5.83. The molecule has 2 aromatic rings. The van der Waals surface area contributed by atoms with Crippen LogP contribution < -0.4 is 5.32 Å². The average Bonchev–Trinajstić information content (AvgIpc) is 2.66. The third-order valence-corrected chi connectivity index (χ3v) is 4.79. The highest BCUT2D eigenvalue weighted by Gasteiger charge is 2.56. The molecule has 1 heterocycles. The van der Waals surface area contributed by atoms with Gasteiger partial charge in [0.2, 0.25) is 0 Å². The Balaban J connectivity index is 1.49. The van der Waals surface area contributed by atoms with Crippen LogP contribution in [0.1, 0.15) is 31.7 Å². The molecule has 2 heteroatoms. The fraction of sp³-hybridized carbons (Fsp3) is 0.500. The summed E-state index contributed by atoms with van der Waals surface area (Å²) in [4.78, 5) is 3.37. The molecule has 5 rings (SSSR count). The summed E-state index contributed by atoms with van der Waals surface area (Å²) in [5, 5.41) is 5.23. The number of benzene rings is 1. The summed E-state index contributed by atoms with van der Waals surface area (Å²) in [6.45, 7) is 2.32. The van der Waals surface area contributed by atoms with Crippen molar-refractivity contribution < 1.29 is 0 Å².